The van der Waals surface area contributed by atoms with E-state index in [1.54, 1.807) is 30.3 Å². The van der Waals surface area contributed by atoms with Crippen molar-refractivity contribution in [2.75, 3.05) is 12.4 Å². The van der Waals surface area contributed by atoms with Crippen molar-refractivity contribution in [1.82, 2.24) is 24.7 Å². The molecule has 0 radical (unpaired) electrons. The Morgan fingerprint density at radius 1 is 1.24 bits per heavy atom. The Labute approximate surface area is 211 Å². The van der Waals surface area contributed by atoms with Gasteiger partial charge in [-0.05, 0) is 42.0 Å². The molecule has 5 N–H and O–H groups in total. The number of carbonyl (C=O) groups is 1. The molecular formula is C25H22N8O4. The Kier molecular flexibility index (Phi) is 6.97. The zero-order valence-electron chi connectivity index (χ0n) is 19.9. The van der Waals surface area contributed by atoms with Gasteiger partial charge in [0.05, 0.1) is 12.7 Å². The van der Waals surface area contributed by atoms with Crippen LogP contribution in [0.25, 0.3) is 5.95 Å². The van der Waals surface area contributed by atoms with E-state index in [4.69, 9.17) is 27.0 Å². The van der Waals surface area contributed by atoms with Crippen molar-refractivity contribution in [3.05, 3.63) is 87.9 Å². The van der Waals surface area contributed by atoms with Gasteiger partial charge in [-0.1, -0.05) is 5.92 Å². The summed E-state index contributed by atoms with van der Waals surface area (Å²) in [4.78, 5) is 35.3. The quantitative estimate of drug-likeness (QED) is 0.0927. The maximum atomic E-state index is 12.8. The lowest BCUT2D eigenvalue weighted by atomic mass is 10.0. The van der Waals surface area contributed by atoms with Crippen LogP contribution in [0.15, 0.2) is 59.7 Å². The third kappa shape index (κ3) is 5.46. The number of hydrogen-bond donors (Lipinski definition) is 4. The van der Waals surface area contributed by atoms with Gasteiger partial charge in [-0.15, -0.1) is 16.2 Å². The molecule has 2 heterocycles. The molecule has 0 spiro atoms. The molecule has 0 fully saturated rings. The van der Waals surface area contributed by atoms with Crippen LogP contribution in [0.3, 0.4) is 0 Å². The predicted molar refractivity (Wildman–Crippen MR) is 135 cm³/mol. The number of ether oxygens (including phenoxy) is 2. The number of nitrogens with one attached hydrogen (secondary N) is 3. The second-order valence-corrected chi connectivity index (χ2v) is 7.71. The van der Waals surface area contributed by atoms with Gasteiger partial charge in [0.2, 0.25) is 0 Å². The van der Waals surface area contributed by atoms with Crippen molar-refractivity contribution in [3.8, 4) is 29.8 Å². The smallest absolute Gasteiger partial charge is 0.350 e. The number of terminal acetylenes is 1. The first-order valence-corrected chi connectivity index (χ1v) is 10.8. The van der Waals surface area contributed by atoms with Gasteiger partial charge in [0, 0.05) is 36.6 Å². The number of rotatable bonds is 8. The number of anilines is 1. The van der Waals surface area contributed by atoms with Crippen molar-refractivity contribution in [2.45, 2.75) is 13.0 Å². The van der Waals surface area contributed by atoms with Crippen molar-refractivity contribution in [2.24, 2.45) is 5.73 Å². The lowest BCUT2D eigenvalue weighted by molar-refractivity contribution is -0.131. The predicted octanol–water partition coefficient (Wildman–Crippen LogP) is 1.75. The molecule has 0 aliphatic heterocycles. The minimum atomic E-state index is -0.756. The molecule has 12 heteroatoms. The summed E-state index contributed by atoms with van der Waals surface area (Å²) < 4.78 is 11.7. The third-order valence-electron chi connectivity index (χ3n) is 5.15. The summed E-state index contributed by atoms with van der Waals surface area (Å²) in [5.41, 5.74) is 6.96. The van der Waals surface area contributed by atoms with Gasteiger partial charge >= 0.3 is 11.7 Å². The molecule has 0 amide bonds. The van der Waals surface area contributed by atoms with Crippen molar-refractivity contribution in [1.29, 1.82) is 5.41 Å². The number of benzene rings is 2. The fourth-order valence-corrected chi connectivity index (χ4v) is 3.55. The summed E-state index contributed by atoms with van der Waals surface area (Å²) in [6.07, 6.45) is 8.64. The number of nitrogen functional groups attached to an aromatic ring is 1. The van der Waals surface area contributed by atoms with E-state index < -0.39 is 17.7 Å². The molecule has 0 aliphatic carbocycles. The van der Waals surface area contributed by atoms with Crippen LogP contribution in [0, 0.1) is 17.8 Å². The fourth-order valence-electron chi connectivity index (χ4n) is 3.55. The van der Waals surface area contributed by atoms with Crippen LogP contribution in [-0.2, 0) is 4.79 Å². The number of nitrogens with zero attached hydrogens (tertiary/aromatic N) is 4. The molecular weight excluding hydrogens is 476 g/mol. The summed E-state index contributed by atoms with van der Waals surface area (Å²) in [6, 6.07) is 10.7. The average Bonchev–Trinajstić information content (AvgIpc) is 3.28. The Hall–Kier alpha value is -5.44. The first kappa shape index (κ1) is 24.7. The zero-order valence-corrected chi connectivity index (χ0v) is 19.9. The summed E-state index contributed by atoms with van der Waals surface area (Å²) in [5, 5.41) is 15.5. The number of carbonyl (C=O) groups excluding carboxylic acids is 1. The minimum absolute atomic E-state index is 0.0895. The van der Waals surface area contributed by atoms with Crippen LogP contribution in [0.2, 0.25) is 0 Å². The van der Waals surface area contributed by atoms with Crippen molar-refractivity contribution >= 4 is 17.5 Å². The highest BCUT2D eigenvalue weighted by Gasteiger charge is 2.23. The van der Waals surface area contributed by atoms with Gasteiger partial charge in [0.25, 0.3) is 5.95 Å². The highest BCUT2D eigenvalue weighted by atomic mass is 16.5. The largest absolute Gasteiger partial charge is 0.497 e. The molecule has 12 nitrogen and oxygen atoms in total. The van der Waals surface area contributed by atoms with E-state index in [1.807, 2.05) is 0 Å². The molecule has 1 atom stereocenters. The average molecular weight is 499 g/mol. The topological polar surface area (TPSA) is 174 Å². The maximum absolute atomic E-state index is 12.8. The molecule has 37 heavy (non-hydrogen) atoms. The van der Waals surface area contributed by atoms with E-state index in [9.17, 15) is 9.59 Å². The molecule has 2 aromatic heterocycles. The van der Waals surface area contributed by atoms with Crippen LogP contribution in [0.5, 0.6) is 11.5 Å². The van der Waals surface area contributed by atoms with Gasteiger partial charge in [-0.3, -0.25) is 15.2 Å². The summed E-state index contributed by atoms with van der Waals surface area (Å²) in [7, 11) is 1.51. The molecule has 186 valence electrons. The lowest BCUT2D eigenvalue weighted by Crippen LogP contribution is -2.18. The number of H-pyrrole nitrogens is 1. The first-order chi connectivity index (χ1) is 17.8. The van der Waals surface area contributed by atoms with Gasteiger partial charge in [0.1, 0.15) is 23.4 Å². The highest BCUT2D eigenvalue weighted by Crippen LogP contribution is 2.31. The standard InChI is InChI=1S/C25H22N8O4/c1-4-15-10-16(12-18(11-15)36-3)21(23-31-25(35)33(32-23)24-28-8-5-9-29-24)30-17-6-7-19(22(26)27)20(13-17)37-14(2)34/h1,5-13,21,30H,2-3H3,(H3,26,27)(H,31,32,35)/t21-/m0/s1. The minimum Gasteiger partial charge on any atom is -0.497 e. The van der Waals surface area contributed by atoms with Gasteiger partial charge in [0.15, 0.2) is 5.82 Å². The monoisotopic (exact) mass is 498 g/mol. The third-order valence-corrected chi connectivity index (χ3v) is 5.15. The SMILES string of the molecule is C#Cc1cc(OC)cc([C@H](Nc2ccc(C(=N)N)c(OC(C)=O)c2)c2nn(-c3ncccn3)c(=O)[nH]2)c1. The Balaban J connectivity index is 1.84. The van der Waals surface area contributed by atoms with E-state index in [0.717, 1.165) is 4.68 Å². The van der Waals surface area contributed by atoms with Crippen LogP contribution in [-0.4, -0.2) is 43.6 Å². The number of methoxy groups -OCH3 is 1. The van der Waals surface area contributed by atoms with Crippen molar-refractivity contribution < 1.29 is 14.3 Å². The summed E-state index contributed by atoms with van der Waals surface area (Å²) in [6.45, 7) is 1.24. The molecule has 0 unspecified atom stereocenters. The van der Waals surface area contributed by atoms with Crippen LogP contribution in [0.4, 0.5) is 5.69 Å². The Morgan fingerprint density at radius 3 is 2.65 bits per heavy atom. The second kappa shape index (κ2) is 10.4. The molecule has 4 aromatic rings. The molecule has 0 saturated heterocycles. The number of aromatic amines is 1. The normalized spacial score (nSPS) is 11.3. The number of esters is 1. The van der Waals surface area contributed by atoms with Crippen LogP contribution >= 0.6 is 0 Å². The molecule has 4 rings (SSSR count). The van der Waals surface area contributed by atoms with Crippen LogP contribution in [0.1, 0.15) is 35.5 Å². The molecule has 0 saturated carbocycles. The number of aromatic nitrogens is 5. The lowest BCUT2D eigenvalue weighted by Gasteiger charge is -2.20. The number of hydrogen-bond acceptors (Lipinski definition) is 9. The van der Waals surface area contributed by atoms with Gasteiger partial charge in [-0.2, -0.15) is 0 Å². The molecule has 2 aromatic carbocycles. The van der Waals surface area contributed by atoms with E-state index in [-0.39, 0.29) is 28.9 Å². The fraction of sp³-hybridized carbons (Fsp3) is 0.120. The van der Waals surface area contributed by atoms with Crippen molar-refractivity contribution in [3.63, 3.8) is 0 Å². The number of amidine groups is 1. The molecule has 0 aliphatic rings. The summed E-state index contributed by atoms with van der Waals surface area (Å²) in [5.74, 6) is 2.64. The van der Waals surface area contributed by atoms with Crippen LogP contribution < -0.4 is 26.2 Å². The molecule has 0 bridgehead atoms. The Bertz CT molecular complexity index is 1570. The Morgan fingerprint density at radius 2 is 2.00 bits per heavy atom. The van der Waals surface area contributed by atoms with Gasteiger partial charge in [-0.25, -0.2) is 14.8 Å². The van der Waals surface area contributed by atoms with E-state index in [2.05, 4.69) is 31.3 Å². The number of nitrogens with two attached hydrogens (primary N) is 1. The maximum Gasteiger partial charge on any atom is 0.350 e. The van der Waals surface area contributed by atoms with E-state index >= 15 is 0 Å². The summed E-state index contributed by atoms with van der Waals surface area (Å²) >= 11 is 0. The second-order valence-electron chi connectivity index (χ2n) is 7.71. The zero-order chi connectivity index (χ0) is 26.5. The highest BCUT2D eigenvalue weighted by molar-refractivity contribution is 5.98. The van der Waals surface area contributed by atoms with Gasteiger partial charge < -0.3 is 20.5 Å². The first-order valence-electron chi connectivity index (χ1n) is 10.8. The van der Waals surface area contributed by atoms with E-state index in [0.29, 0.717) is 22.6 Å². The van der Waals surface area contributed by atoms with E-state index in [1.165, 1.54) is 38.6 Å².